The molecular formula is C29H40N2. The van der Waals surface area contributed by atoms with E-state index < -0.39 is 0 Å². The molecule has 1 aliphatic heterocycles. The molecule has 0 saturated carbocycles. The maximum absolute atomic E-state index is 4.93. The lowest BCUT2D eigenvalue weighted by atomic mass is 10.0. The molecule has 1 atom stereocenters. The van der Waals surface area contributed by atoms with Crippen LogP contribution < -0.4 is 5.32 Å². The third-order valence-corrected chi connectivity index (χ3v) is 6.20. The van der Waals surface area contributed by atoms with Gasteiger partial charge in [-0.25, -0.2) is 0 Å². The number of rotatable bonds is 5. The predicted molar refractivity (Wildman–Crippen MR) is 136 cm³/mol. The van der Waals surface area contributed by atoms with Gasteiger partial charge in [0.05, 0.1) is 5.84 Å². The van der Waals surface area contributed by atoms with E-state index in [-0.39, 0.29) is 6.04 Å². The molecule has 0 saturated heterocycles. The van der Waals surface area contributed by atoms with E-state index in [0.717, 1.165) is 19.4 Å². The van der Waals surface area contributed by atoms with E-state index in [1.807, 2.05) is 0 Å². The van der Waals surface area contributed by atoms with Crippen LogP contribution in [0, 0.1) is 0 Å². The van der Waals surface area contributed by atoms with Crippen LogP contribution in [0.3, 0.4) is 0 Å². The molecule has 2 aromatic rings. The fourth-order valence-corrected chi connectivity index (χ4v) is 4.23. The van der Waals surface area contributed by atoms with Gasteiger partial charge in [0.15, 0.2) is 0 Å². The van der Waals surface area contributed by atoms with Crippen molar-refractivity contribution in [1.29, 1.82) is 0 Å². The van der Waals surface area contributed by atoms with Crippen molar-refractivity contribution in [2.75, 3.05) is 6.54 Å². The molecule has 31 heavy (non-hydrogen) atoms. The zero-order chi connectivity index (χ0) is 21.6. The average Bonchev–Trinajstić information content (AvgIpc) is 2.82. The lowest BCUT2D eigenvalue weighted by Gasteiger charge is -2.18. The van der Waals surface area contributed by atoms with Gasteiger partial charge in [-0.15, -0.1) is 0 Å². The SMILES string of the molecule is CC(NC1=NCCCCCCCCCCC1)c1ccc(C=CCc2ccccc2)cc1. The van der Waals surface area contributed by atoms with Gasteiger partial charge in [0.25, 0.3) is 0 Å². The van der Waals surface area contributed by atoms with E-state index >= 15 is 0 Å². The van der Waals surface area contributed by atoms with Crippen LogP contribution in [0.2, 0.25) is 0 Å². The van der Waals surface area contributed by atoms with Crippen LogP contribution in [-0.2, 0) is 6.42 Å². The van der Waals surface area contributed by atoms with Gasteiger partial charge in [-0.05, 0) is 42.9 Å². The van der Waals surface area contributed by atoms with Crippen molar-refractivity contribution in [3.63, 3.8) is 0 Å². The average molecular weight is 417 g/mol. The minimum Gasteiger partial charge on any atom is -0.367 e. The van der Waals surface area contributed by atoms with Crippen molar-refractivity contribution in [2.24, 2.45) is 4.99 Å². The Balaban J connectivity index is 1.52. The quantitative estimate of drug-likeness (QED) is 0.526. The number of allylic oxidation sites excluding steroid dienone is 1. The number of nitrogens with one attached hydrogen (secondary N) is 1. The van der Waals surface area contributed by atoms with Crippen molar-refractivity contribution in [2.45, 2.75) is 83.6 Å². The highest BCUT2D eigenvalue weighted by Crippen LogP contribution is 2.17. The Hall–Kier alpha value is -2.35. The second kappa shape index (κ2) is 13.9. The third-order valence-electron chi connectivity index (χ3n) is 6.20. The number of benzene rings is 2. The number of amidine groups is 1. The van der Waals surface area contributed by atoms with Crippen LogP contribution in [0.1, 0.15) is 93.9 Å². The maximum Gasteiger partial charge on any atom is 0.0967 e. The Morgan fingerprint density at radius 1 is 0.806 bits per heavy atom. The topological polar surface area (TPSA) is 24.4 Å². The van der Waals surface area contributed by atoms with E-state index in [2.05, 4.69) is 79.0 Å². The van der Waals surface area contributed by atoms with Crippen molar-refractivity contribution in [3.8, 4) is 0 Å². The van der Waals surface area contributed by atoms with Gasteiger partial charge in [0.1, 0.15) is 0 Å². The van der Waals surface area contributed by atoms with E-state index in [9.17, 15) is 0 Å². The van der Waals surface area contributed by atoms with Crippen molar-refractivity contribution in [1.82, 2.24) is 5.32 Å². The summed E-state index contributed by atoms with van der Waals surface area (Å²) in [5.41, 5.74) is 3.93. The van der Waals surface area contributed by atoms with Gasteiger partial charge >= 0.3 is 0 Å². The normalized spacial score (nSPS) is 17.8. The number of hydrogen-bond donors (Lipinski definition) is 1. The van der Waals surface area contributed by atoms with Crippen molar-refractivity contribution in [3.05, 3.63) is 77.4 Å². The summed E-state index contributed by atoms with van der Waals surface area (Å²) in [6, 6.07) is 19.8. The zero-order valence-electron chi connectivity index (χ0n) is 19.4. The molecule has 0 spiro atoms. The summed E-state index contributed by atoms with van der Waals surface area (Å²) in [5, 5.41) is 3.72. The zero-order valence-corrected chi connectivity index (χ0v) is 19.4. The Morgan fingerprint density at radius 3 is 2.16 bits per heavy atom. The van der Waals surface area contributed by atoms with E-state index in [1.54, 1.807) is 0 Å². The molecule has 0 amide bonds. The molecule has 0 fully saturated rings. The number of nitrogens with zero attached hydrogens (tertiary/aromatic N) is 1. The molecule has 1 N–H and O–H groups in total. The minimum atomic E-state index is 0.289. The molecule has 0 radical (unpaired) electrons. The van der Waals surface area contributed by atoms with E-state index in [4.69, 9.17) is 4.99 Å². The first-order valence-electron chi connectivity index (χ1n) is 12.4. The number of aliphatic imine (C=N–C) groups is 1. The largest absolute Gasteiger partial charge is 0.367 e. The lowest BCUT2D eigenvalue weighted by Crippen LogP contribution is -2.27. The second-order valence-corrected chi connectivity index (χ2v) is 8.89. The summed E-state index contributed by atoms with van der Waals surface area (Å²) in [4.78, 5) is 4.93. The van der Waals surface area contributed by atoms with E-state index in [0.29, 0.717) is 0 Å². The van der Waals surface area contributed by atoms with Crippen molar-refractivity contribution < 1.29 is 0 Å². The van der Waals surface area contributed by atoms with Crippen LogP contribution >= 0.6 is 0 Å². The molecule has 2 nitrogen and oxygen atoms in total. The van der Waals surface area contributed by atoms with Gasteiger partial charge in [0.2, 0.25) is 0 Å². The summed E-state index contributed by atoms with van der Waals surface area (Å²) < 4.78 is 0. The Bertz CT molecular complexity index is 789. The first-order chi connectivity index (χ1) is 15.3. The van der Waals surface area contributed by atoms with Gasteiger partial charge in [0, 0.05) is 19.0 Å². The summed E-state index contributed by atoms with van der Waals surface area (Å²) in [6.45, 7) is 3.23. The Morgan fingerprint density at radius 2 is 1.45 bits per heavy atom. The van der Waals surface area contributed by atoms with Crippen LogP contribution in [0.5, 0.6) is 0 Å². The molecule has 0 aromatic heterocycles. The summed E-state index contributed by atoms with van der Waals surface area (Å²) in [7, 11) is 0. The molecule has 2 heteroatoms. The maximum atomic E-state index is 4.93. The highest BCUT2D eigenvalue weighted by molar-refractivity contribution is 5.82. The molecule has 2 aromatic carbocycles. The minimum absolute atomic E-state index is 0.289. The predicted octanol–water partition coefficient (Wildman–Crippen LogP) is 7.91. The second-order valence-electron chi connectivity index (χ2n) is 8.89. The Labute approximate surface area is 189 Å². The molecule has 0 aliphatic carbocycles. The van der Waals surface area contributed by atoms with Crippen LogP contribution in [0.25, 0.3) is 6.08 Å². The standard InChI is InChI=1S/C29H40N2/c1-25(31-29-19-12-7-5-3-2-4-6-8-13-24-30-29)28-22-20-27(21-23-28)18-14-17-26-15-10-9-11-16-26/h9-11,14-16,18,20-23,25H,2-8,12-13,17,19,24H2,1H3,(H,30,31). The monoisotopic (exact) mass is 416 g/mol. The van der Waals surface area contributed by atoms with E-state index in [1.165, 1.54) is 80.3 Å². The number of hydrogen-bond acceptors (Lipinski definition) is 2. The summed E-state index contributed by atoms with van der Waals surface area (Å²) in [5.74, 6) is 1.21. The van der Waals surface area contributed by atoms with Crippen LogP contribution in [0.15, 0.2) is 65.7 Å². The molecule has 1 heterocycles. The fraction of sp³-hybridized carbons (Fsp3) is 0.483. The summed E-state index contributed by atoms with van der Waals surface area (Å²) >= 11 is 0. The molecular weight excluding hydrogens is 376 g/mol. The first kappa shape index (κ1) is 23.3. The van der Waals surface area contributed by atoms with Crippen LogP contribution in [0.4, 0.5) is 0 Å². The van der Waals surface area contributed by atoms with Gasteiger partial charge < -0.3 is 5.32 Å². The van der Waals surface area contributed by atoms with Gasteiger partial charge in [-0.3, -0.25) is 4.99 Å². The van der Waals surface area contributed by atoms with Crippen molar-refractivity contribution >= 4 is 11.9 Å². The molecule has 1 unspecified atom stereocenters. The fourth-order valence-electron chi connectivity index (χ4n) is 4.23. The highest BCUT2D eigenvalue weighted by atomic mass is 15.0. The first-order valence-corrected chi connectivity index (χ1v) is 12.4. The highest BCUT2D eigenvalue weighted by Gasteiger charge is 2.08. The Kier molecular flexibility index (Phi) is 10.4. The van der Waals surface area contributed by atoms with Gasteiger partial charge in [-0.2, -0.15) is 0 Å². The van der Waals surface area contributed by atoms with Crippen LogP contribution in [-0.4, -0.2) is 12.4 Å². The third kappa shape index (κ3) is 9.12. The molecule has 1 aliphatic rings. The molecule has 0 bridgehead atoms. The van der Waals surface area contributed by atoms with Gasteiger partial charge in [-0.1, -0.05) is 112 Å². The molecule has 3 rings (SSSR count). The smallest absolute Gasteiger partial charge is 0.0967 e. The summed E-state index contributed by atoms with van der Waals surface area (Å²) in [6.07, 6.45) is 18.6. The molecule has 166 valence electrons. The lowest BCUT2D eigenvalue weighted by molar-refractivity contribution is 0.566.